The number of rotatable bonds is 2. The molecule has 0 aliphatic heterocycles. The number of aromatic nitrogens is 2. The van der Waals surface area contributed by atoms with Crippen LogP contribution in [-0.2, 0) is 0 Å². The summed E-state index contributed by atoms with van der Waals surface area (Å²) in [6.45, 7) is 7.45. The van der Waals surface area contributed by atoms with Gasteiger partial charge in [-0.15, -0.1) is 0 Å². The Kier molecular flexibility index (Phi) is 3.41. The minimum atomic E-state index is -0.185. The third-order valence-electron chi connectivity index (χ3n) is 3.61. The van der Waals surface area contributed by atoms with Crippen molar-refractivity contribution < 1.29 is 9.32 Å². The predicted molar refractivity (Wildman–Crippen MR) is 85.1 cm³/mol. The average Bonchev–Trinajstić information content (AvgIpc) is 2.78. The van der Waals surface area contributed by atoms with E-state index in [2.05, 4.69) is 15.5 Å². The topological polar surface area (TPSA) is 68.0 Å². The Hall–Kier alpha value is -2.69. The number of amides is 1. The number of hydrogen-bond acceptors (Lipinski definition) is 4. The summed E-state index contributed by atoms with van der Waals surface area (Å²) in [6.07, 6.45) is 0. The van der Waals surface area contributed by atoms with Gasteiger partial charge in [0.2, 0.25) is 0 Å². The van der Waals surface area contributed by atoms with E-state index in [-0.39, 0.29) is 5.91 Å². The second-order valence-corrected chi connectivity index (χ2v) is 5.49. The van der Waals surface area contributed by atoms with E-state index in [1.54, 1.807) is 19.9 Å². The fraction of sp³-hybridized carbons (Fsp3) is 0.235. The van der Waals surface area contributed by atoms with Crippen molar-refractivity contribution in [2.24, 2.45) is 0 Å². The molecule has 3 aromatic rings. The van der Waals surface area contributed by atoms with E-state index in [9.17, 15) is 4.79 Å². The zero-order valence-electron chi connectivity index (χ0n) is 13.0. The molecule has 0 radical (unpaired) electrons. The summed E-state index contributed by atoms with van der Waals surface area (Å²) in [5.41, 5.74) is 4.60. The number of anilines is 1. The number of fused-ring (bicyclic) bond motifs is 1. The number of aryl methyl sites for hydroxylation is 4. The molecule has 0 atom stereocenters. The lowest BCUT2D eigenvalue weighted by molar-refractivity contribution is 0.102. The van der Waals surface area contributed by atoms with Crippen LogP contribution in [0.1, 0.15) is 33.1 Å². The highest BCUT2D eigenvalue weighted by Gasteiger charge is 2.16. The van der Waals surface area contributed by atoms with Crippen LogP contribution in [0, 0.1) is 27.7 Å². The van der Waals surface area contributed by atoms with Crippen LogP contribution in [0.4, 0.5) is 5.69 Å². The molecule has 0 bridgehead atoms. The van der Waals surface area contributed by atoms with Crippen molar-refractivity contribution in [1.82, 2.24) is 10.1 Å². The average molecular weight is 295 g/mol. The summed E-state index contributed by atoms with van der Waals surface area (Å²) in [5.74, 6) is 0.410. The van der Waals surface area contributed by atoms with Crippen LogP contribution in [-0.4, -0.2) is 16.0 Å². The maximum Gasteiger partial charge on any atom is 0.256 e. The van der Waals surface area contributed by atoms with Crippen LogP contribution in [0.25, 0.3) is 10.9 Å². The molecule has 1 amide bonds. The van der Waals surface area contributed by atoms with Crippen molar-refractivity contribution in [3.63, 3.8) is 0 Å². The molecule has 112 valence electrons. The van der Waals surface area contributed by atoms with Crippen molar-refractivity contribution in [3.05, 3.63) is 52.5 Å². The Morgan fingerprint density at radius 3 is 2.59 bits per heavy atom. The van der Waals surface area contributed by atoms with E-state index in [0.29, 0.717) is 22.7 Å². The summed E-state index contributed by atoms with van der Waals surface area (Å²) < 4.78 is 5.09. The van der Waals surface area contributed by atoms with Crippen molar-refractivity contribution in [2.75, 3.05) is 5.32 Å². The van der Waals surface area contributed by atoms with Gasteiger partial charge >= 0.3 is 0 Å². The number of hydrogen-bond donors (Lipinski definition) is 1. The van der Waals surface area contributed by atoms with E-state index in [1.807, 2.05) is 32.0 Å². The van der Waals surface area contributed by atoms with Gasteiger partial charge < -0.3 is 9.84 Å². The molecule has 0 spiro atoms. The van der Waals surface area contributed by atoms with Gasteiger partial charge in [0.05, 0.1) is 11.1 Å². The van der Waals surface area contributed by atoms with Crippen molar-refractivity contribution in [2.45, 2.75) is 27.7 Å². The molecule has 0 saturated heterocycles. The van der Waals surface area contributed by atoms with Crippen molar-refractivity contribution in [1.29, 1.82) is 0 Å². The lowest BCUT2D eigenvalue weighted by Crippen LogP contribution is -2.14. The Labute approximate surface area is 128 Å². The standard InChI is InChI=1S/C17H17N3O2/c1-9-5-6-15-13(7-9)14(8-10(2)18-15)17(21)19-16-11(3)20-22-12(16)4/h5-8H,1-4H3,(H,19,21). The third-order valence-corrected chi connectivity index (χ3v) is 3.61. The lowest BCUT2D eigenvalue weighted by Gasteiger charge is -2.09. The highest BCUT2D eigenvalue weighted by molar-refractivity contribution is 6.12. The molecule has 5 heteroatoms. The molecule has 0 unspecified atom stereocenters. The fourth-order valence-corrected chi connectivity index (χ4v) is 2.50. The zero-order chi connectivity index (χ0) is 15.9. The van der Waals surface area contributed by atoms with Crippen LogP contribution in [0.15, 0.2) is 28.8 Å². The second kappa shape index (κ2) is 5.26. The fourth-order valence-electron chi connectivity index (χ4n) is 2.50. The Balaban J connectivity index is 2.09. The van der Waals surface area contributed by atoms with Gasteiger partial charge in [-0.3, -0.25) is 9.78 Å². The number of nitrogens with zero attached hydrogens (tertiary/aromatic N) is 2. The van der Waals surface area contributed by atoms with E-state index in [0.717, 1.165) is 22.2 Å². The van der Waals surface area contributed by atoms with Gasteiger partial charge in [-0.05, 0) is 45.9 Å². The summed E-state index contributed by atoms with van der Waals surface area (Å²) in [6, 6.07) is 7.70. The molecule has 1 N–H and O–H groups in total. The monoisotopic (exact) mass is 295 g/mol. The molecular weight excluding hydrogens is 278 g/mol. The summed E-state index contributed by atoms with van der Waals surface area (Å²) in [7, 11) is 0. The van der Waals surface area contributed by atoms with Crippen LogP contribution in [0.5, 0.6) is 0 Å². The highest BCUT2D eigenvalue weighted by atomic mass is 16.5. The van der Waals surface area contributed by atoms with E-state index in [4.69, 9.17) is 4.52 Å². The van der Waals surface area contributed by atoms with Crippen LogP contribution in [0.3, 0.4) is 0 Å². The SMILES string of the molecule is Cc1ccc2nc(C)cc(C(=O)Nc3c(C)noc3C)c2c1. The molecule has 3 rings (SSSR count). The summed E-state index contributed by atoms with van der Waals surface area (Å²) in [4.78, 5) is 17.2. The maximum absolute atomic E-state index is 12.7. The maximum atomic E-state index is 12.7. The number of carbonyl (C=O) groups excluding carboxylic acids is 1. The first-order valence-electron chi connectivity index (χ1n) is 7.08. The third kappa shape index (κ3) is 2.45. The quantitative estimate of drug-likeness (QED) is 0.782. The molecule has 22 heavy (non-hydrogen) atoms. The van der Waals surface area contributed by atoms with Gasteiger partial charge in [-0.25, -0.2) is 0 Å². The van der Waals surface area contributed by atoms with Crippen LogP contribution in [0.2, 0.25) is 0 Å². The van der Waals surface area contributed by atoms with E-state index >= 15 is 0 Å². The second-order valence-electron chi connectivity index (χ2n) is 5.49. The first kappa shape index (κ1) is 14.3. The van der Waals surface area contributed by atoms with Crippen molar-refractivity contribution in [3.8, 4) is 0 Å². The molecule has 2 heterocycles. The van der Waals surface area contributed by atoms with Gasteiger partial charge in [0.1, 0.15) is 11.4 Å². The highest BCUT2D eigenvalue weighted by Crippen LogP contribution is 2.23. The Morgan fingerprint density at radius 2 is 1.91 bits per heavy atom. The number of benzene rings is 1. The molecule has 2 aromatic heterocycles. The normalized spacial score (nSPS) is 10.9. The van der Waals surface area contributed by atoms with Crippen LogP contribution >= 0.6 is 0 Å². The van der Waals surface area contributed by atoms with Gasteiger partial charge in [0.25, 0.3) is 5.91 Å². The predicted octanol–water partition coefficient (Wildman–Crippen LogP) is 3.71. The first-order chi connectivity index (χ1) is 10.5. The van der Waals surface area contributed by atoms with Crippen molar-refractivity contribution >= 4 is 22.5 Å². The summed E-state index contributed by atoms with van der Waals surface area (Å²) >= 11 is 0. The minimum absolute atomic E-state index is 0.185. The lowest BCUT2D eigenvalue weighted by atomic mass is 10.0. The minimum Gasteiger partial charge on any atom is -0.359 e. The van der Waals surface area contributed by atoms with Gasteiger partial charge in [-0.1, -0.05) is 16.8 Å². The molecular formula is C17H17N3O2. The number of pyridine rings is 1. The molecule has 0 fully saturated rings. The smallest absolute Gasteiger partial charge is 0.256 e. The molecule has 1 aromatic carbocycles. The number of nitrogens with one attached hydrogen (secondary N) is 1. The number of carbonyl (C=O) groups is 1. The Bertz CT molecular complexity index is 861. The van der Waals surface area contributed by atoms with E-state index < -0.39 is 0 Å². The molecule has 0 saturated carbocycles. The molecule has 0 aliphatic rings. The summed E-state index contributed by atoms with van der Waals surface area (Å²) in [5, 5.41) is 7.59. The van der Waals surface area contributed by atoms with Gasteiger partial charge in [0, 0.05) is 11.1 Å². The Morgan fingerprint density at radius 1 is 1.14 bits per heavy atom. The van der Waals surface area contributed by atoms with Crippen LogP contribution < -0.4 is 5.32 Å². The molecule has 5 nitrogen and oxygen atoms in total. The molecule has 0 aliphatic carbocycles. The van der Waals surface area contributed by atoms with Gasteiger partial charge in [-0.2, -0.15) is 0 Å². The largest absolute Gasteiger partial charge is 0.359 e. The first-order valence-corrected chi connectivity index (χ1v) is 7.08. The van der Waals surface area contributed by atoms with Gasteiger partial charge in [0.15, 0.2) is 5.76 Å². The van der Waals surface area contributed by atoms with E-state index in [1.165, 1.54) is 0 Å². The zero-order valence-corrected chi connectivity index (χ0v) is 13.0.